The number of ketones is 1. The molecule has 0 aliphatic carbocycles. The van der Waals surface area contributed by atoms with E-state index in [1.54, 1.807) is 6.07 Å². The zero-order chi connectivity index (χ0) is 25.0. The van der Waals surface area contributed by atoms with E-state index in [-0.39, 0.29) is 29.5 Å². The number of esters is 1. The van der Waals surface area contributed by atoms with Crippen LogP contribution in [0.1, 0.15) is 37.8 Å². The molecule has 1 aliphatic rings. The van der Waals surface area contributed by atoms with Gasteiger partial charge in [0.15, 0.2) is 6.61 Å². The zero-order valence-corrected chi connectivity index (χ0v) is 20.6. The Morgan fingerprint density at radius 2 is 1.80 bits per heavy atom. The van der Waals surface area contributed by atoms with Crippen molar-refractivity contribution in [2.45, 2.75) is 31.7 Å². The molecular formula is C25H29N3O6S. The van der Waals surface area contributed by atoms with Crippen molar-refractivity contribution in [2.75, 3.05) is 32.9 Å². The van der Waals surface area contributed by atoms with E-state index in [2.05, 4.69) is 21.7 Å². The minimum Gasteiger partial charge on any atom is -0.453 e. The molecular weight excluding hydrogens is 470 g/mol. The molecule has 3 heterocycles. The van der Waals surface area contributed by atoms with E-state index in [1.165, 1.54) is 22.1 Å². The third-order valence-corrected chi connectivity index (χ3v) is 8.04. The zero-order valence-electron chi connectivity index (χ0n) is 19.8. The smallest absolute Gasteiger partial charge is 0.355 e. The summed E-state index contributed by atoms with van der Waals surface area (Å²) in [5.74, 6) is -1.11. The molecule has 1 aliphatic heterocycles. The van der Waals surface area contributed by atoms with Crippen molar-refractivity contribution in [3.05, 3.63) is 76.9 Å². The number of rotatable bonds is 9. The van der Waals surface area contributed by atoms with Crippen LogP contribution in [-0.4, -0.2) is 66.9 Å². The number of sulfonamides is 1. The van der Waals surface area contributed by atoms with Crippen LogP contribution in [0.2, 0.25) is 0 Å². The molecule has 35 heavy (non-hydrogen) atoms. The number of aromatic nitrogens is 2. The van der Waals surface area contributed by atoms with Gasteiger partial charge in [-0.25, -0.2) is 13.2 Å². The number of Topliss-reactive ketones (excluding diaryl/α,β-unsaturated/α-hetero) is 1. The first-order valence-corrected chi connectivity index (χ1v) is 12.9. The Labute approximate surface area is 204 Å². The van der Waals surface area contributed by atoms with E-state index < -0.39 is 22.6 Å². The second kappa shape index (κ2) is 10.6. The number of hydrogen-bond acceptors (Lipinski definition) is 6. The van der Waals surface area contributed by atoms with Gasteiger partial charge in [0.05, 0.1) is 13.2 Å². The Bertz CT molecular complexity index is 1300. The van der Waals surface area contributed by atoms with Gasteiger partial charge in [0, 0.05) is 42.8 Å². The van der Waals surface area contributed by atoms with Crippen molar-refractivity contribution >= 4 is 21.8 Å². The highest BCUT2D eigenvalue weighted by Gasteiger charge is 2.28. The molecule has 0 saturated carbocycles. The number of morpholine rings is 1. The lowest BCUT2D eigenvalue weighted by Gasteiger charge is -2.25. The van der Waals surface area contributed by atoms with Crippen LogP contribution in [-0.2, 0) is 32.5 Å². The lowest BCUT2D eigenvalue weighted by atomic mass is 10.1. The van der Waals surface area contributed by atoms with Crippen molar-refractivity contribution in [1.82, 2.24) is 13.9 Å². The Hall–Kier alpha value is -3.21. The van der Waals surface area contributed by atoms with E-state index >= 15 is 0 Å². The number of nitrogens with zero attached hydrogens (tertiary/aromatic N) is 2. The summed E-state index contributed by atoms with van der Waals surface area (Å²) in [5.41, 5.74) is 3.46. The standard InChI is InChI=1S/C25H29N3O6S/c1-18-14-22(19(2)28(18)9-8-20-6-4-3-5-7-20)24(29)17-34-25(30)23-15-21(16-26-23)35(31,32)27-10-12-33-13-11-27/h3-7,14-16,26H,8-13,17H2,1-2H3. The monoisotopic (exact) mass is 499 g/mol. The molecule has 0 atom stereocenters. The van der Waals surface area contributed by atoms with Crippen molar-refractivity contribution in [1.29, 1.82) is 0 Å². The fraction of sp³-hybridized carbons (Fsp3) is 0.360. The molecule has 4 rings (SSSR count). The van der Waals surface area contributed by atoms with Crippen LogP contribution in [0.4, 0.5) is 0 Å². The van der Waals surface area contributed by atoms with Crippen LogP contribution >= 0.6 is 0 Å². The number of ether oxygens (including phenoxy) is 2. The van der Waals surface area contributed by atoms with Crippen LogP contribution in [0, 0.1) is 13.8 Å². The Morgan fingerprint density at radius 3 is 2.51 bits per heavy atom. The lowest BCUT2D eigenvalue weighted by molar-refractivity contribution is 0.0469. The van der Waals surface area contributed by atoms with E-state index in [0.717, 1.165) is 24.4 Å². The molecule has 1 fully saturated rings. The quantitative estimate of drug-likeness (QED) is 0.358. The number of H-pyrrole nitrogens is 1. The van der Waals surface area contributed by atoms with Gasteiger partial charge in [0.1, 0.15) is 10.6 Å². The van der Waals surface area contributed by atoms with Crippen molar-refractivity contribution in [3.8, 4) is 0 Å². The van der Waals surface area contributed by atoms with Gasteiger partial charge in [0.25, 0.3) is 0 Å². The summed E-state index contributed by atoms with van der Waals surface area (Å²) in [7, 11) is -3.74. The summed E-state index contributed by atoms with van der Waals surface area (Å²) in [6.45, 7) is 5.28. The molecule has 3 aromatic rings. The second-order valence-electron chi connectivity index (χ2n) is 8.44. The van der Waals surface area contributed by atoms with Gasteiger partial charge in [-0.2, -0.15) is 4.31 Å². The molecule has 0 spiro atoms. The average molecular weight is 500 g/mol. The Kier molecular flexibility index (Phi) is 7.54. The fourth-order valence-corrected chi connectivity index (χ4v) is 5.58. The second-order valence-corrected chi connectivity index (χ2v) is 10.4. The van der Waals surface area contributed by atoms with Crippen LogP contribution in [0.15, 0.2) is 53.6 Å². The summed E-state index contributed by atoms with van der Waals surface area (Å²) in [6, 6.07) is 13.1. The van der Waals surface area contributed by atoms with Gasteiger partial charge >= 0.3 is 5.97 Å². The van der Waals surface area contributed by atoms with Crippen LogP contribution in [0.3, 0.4) is 0 Å². The van der Waals surface area contributed by atoms with Crippen molar-refractivity contribution < 1.29 is 27.5 Å². The molecule has 10 heteroatoms. The van der Waals surface area contributed by atoms with Crippen LogP contribution < -0.4 is 0 Å². The van der Waals surface area contributed by atoms with Gasteiger partial charge < -0.3 is 19.0 Å². The molecule has 1 aromatic carbocycles. The van der Waals surface area contributed by atoms with Gasteiger partial charge in [0.2, 0.25) is 15.8 Å². The Balaban J connectivity index is 1.37. The first-order chi connectivity index (χ1) is 16.8. The molecule has 1 saturated heterocycles. The highest BCUT2D eigenvalue weighted by atomic mass is 32.2. The van der Waals surface area contributed by atoms with E-state index in [0.29, 0.717) is 18.8 Å². The number of aromatic amines is 1. The lowest BCUT2D eigenvalue weighted by Crippen LogP contribution is -2.40. The predicted octanol–water partition coefficient (Wildman–Crippen LogP) is 2.74. The maximum atomic E-state index is 12.8. The molecule has 0 unspecified atom stereocenters. The van der Waals surface area contributed by atoms with Crippen molar-refractivity contribution in [2.24, 2.45) is 0 Å². The topological polar surface area (TPSA) is 111 Å². The van der Waals surface area contributed by atoms with Gasteiger partial charge in [-0.3, -0.25) is 4.79 Å². The number of aryl methyl sites for hydroxylation is 2. The molecule has 9 nitrogen and oxygen atoms in total. The third kappa shape index (κ3) is 5.55. The van der Waals surface area contributed by atoms with Gasteiger partial charge in [-0.1, -0.05) is 30.3 Å². The molecule has 186 valence electrons. The SMILES string of the molecule is Cc1cc(C(=O)COC(=O)c2cc(S(=O)(=O)N3CCOCC3)c[nH]2)c(C)n1CCc1ccccc1. The van der Waals surface area contributed by atoms with E-state index in [9.17, 15) is 18.0 Å². The molecule has 1 N–H and O–H groups in total. The van der Waals surface area contributed by atoms with E-state index in [1.807, 2.05) is 32.0 Å². The van der Waals surface area contributed by atoms with Gasteiger partial charge in [-0.05, 0) is 38.0 Å². The van der Waals surface area contributed by atoms with Crippen LogP contribution in [0.5, 0.6) is 0 Å². The minimum absolute atomic E-state index is 0.0281. The minimum atomic E-state index is -3.74. The van der Waals surface area contributed by atoms with Crippen molar-refractivity contribution in [3.63, 3.8) is 0 Å². The summed E-state index contributed by atoms with van der Waals surface area (Å²) < 4.78 is 39.2. The maximum Gasteiger partial charge on any atom is 0.355 e. The Morgan fingerprint density at radius 1 is 1.09 bits per heavy atom. The summed E-state index contributed by atoms with van der Waals surface area (Å²) in [6.07, 6.45) is 2.09. The summed E-state index contributed by atoms with van der Waals surface area (Å²) in [4.78, 5) is 27.9. The number of carbonyl (C=O) groups excluding carboxylic acids is 2. The molecule has 0 bridgehead atoms. The highest BCUT2D eigenvalue weighted by molar-refractivity contribution is 7.89. The maximum absolute atomic E-state index is 12.8. The third-order valence-electron chi connectivity index (χ3n) is 6.16. The largest absolute Gasteiger partial charge is 0.453 e. The number of benzene rings is 1. The summed E-state index contributed by atoms with van der Waals surface area (Å²) >= 11 is 0. The number of carbonyl (C=O) groups is 2. The number of nitrogens with one attached hydrogen (secondary N) is 1. The first-order valence-electron chi connectivity index (χ1n) is 11.4. The van der Waals surface area contributed by atoms with E-state index in [4.69, 9.17) is 9.47 Å². The number of hydrogen-bond donors (Lipinski definition) is 1. The summed E-state index contributed by atoms with van der Waals surface area (Å²) in [5, 5.41) is 0. The fourth-order valence-electron chi connectivity index (χ4n) is 4.18. The first kappa shape index (κ1) is 24.9. The van der Waals surface area contributed by atoms with Crippen LogP contribution in [0.25, 0.3) is 0 Å². The molecule has 0 radical (unpaired) electrons. The normalized spacial score (nSPS) is 14.7. The van der Waals surface area contributed by atoms with Gasteiger partial charge in [-0.15, -0.1) is 0 Å². The highest BCUT2D eigenvalue weighted by Crippen LogP contribution is 2.20. The molecule has 0 amide bonds. The average Bonchev–Trinajstić information content (AvgIpc) is 3.48. The molecule has 2 aromatic heterocycles. The predicted molar refractivity (Wildman–Crippen MR) is 129 cm³/mol.